The van der Waals surface area contributed by atoms with Gasteiger partial charge in [0, 0.05) is 19.7 Å². The number of amidine groups is 2. The maximum Gasteiger partial charge on any atom is 0.201 e. The Morgan fingerprint density at radius 1 is 1.38 bits per heavy atom. The van der Waals surface area contributed by atoms with Gasteiger partial charge in [-0.2, -0.15) is 5.10 Å². The highest BCUT2D eigenvalue weighted by Crippen LogP contribution is 2.04. The van der Waals surface area contributed by atoms with Crippen LogP contribution < -0.4 is 5.32 Å². The molecule has 0 spiro atoms. The second-order valence-electron chi connectivity index (χ2n) is 2.75. The highest BCUT2D eigenvalue weighted by Gasteiger charge is 2.16. The Morgan fingerprint density at radius 2 is 2.23 bits per heavy atom. The lowest BCUT2D eigenvalue weighted by atomic mass is 10.3. The Morgan fingerprint density at radius 3 is 2.77 bits per heavy atom. The van der Waals surface area contributed by atoms with Crippen LogP contribution in [0, 0.1) is 0 Å². The molecule has 0 N–H and O–H groups in total. The van der Waals surface area contributed by atoms with Crippen LogP contribution in [0.1, 0.15) is 19.0 Å². The van der Waals surface area contributed by atoms with Crippen molar-refractivity contribution in [2.45, 2.75) is 13.3 Å². The molecule has 1 aromatic heterocycles. The molecule has 13 heavy (non-hydrogen) atoms. The number of hydrogen-bond acceptors (Lipinski definition) is 3. The van der Waals surface area contributed by atoms with Crippen molar-refractivity contribution in [2.24, 2.45) is 17.3 Å². The summed E-state index contributed by atoms with van der Waals surface area (Å²) >= 11 is 0. The third-order valence-electron chi connectivity index (χ3n) is 1.86. The van der Waals surface area contributed by atoms with E-state index in [0.717, 1.165) is 18.0 Å². The molecule has 0 atom stereocenters. The van der Waals surface area contributed by atoms with Gasteiger partial charge in [0.15, 0.2) is 5.84 Å². The van der Waals surface area contributed by atoms with E-state index in [4.69, 9.17) is 0 Å². The highest BCUT2D eigenvalue weighted by molar-refractivity contribution is 6.10. The van der Waals surface area contributed by atoms with Crippen LogP contribution in [0.25, 0.3) is 0 Å². The number of aryl methyl sites for hydroxylation is 1. The van der Waals surface area contributed by atoms with Gasteiger partial charge >= 0.3 is 0 Å². The van der Waals surface area contributed by atoms with E-state index in [1.54, 1.807) is 10.9 Å². The average Bonchev–Trinajstić information content (AvgIpc) is 2.71. The SMILES string of the molecule is CCC1=NN=C(c2ccnn2C)[N]1. The fourth-order valence-corrected chi connectivity index (χ4v) is 1.12. The molecule has 0 saturated carbocycles. The third kappa shape index (κ3) is 1.32. The zero-order valence-corrected chi connectivity index (χ0v) is 7.60. The molecule has 2 rings (SSSR count). The number of hydrogen-bond donors (Lipinski definition) is 0. The Balaban J connectivity index is 2.20. The maximum atomic E-state index is 4.25. The van der Waals surface area contributed by atoms with Gasteiger partial charge in [0.2, 0.25) is 5.84 Å². The summed E-state index contributed by atoms with van der Waals surface area (Å²) in [6.45, 7) is 2.00. The molecule has 0 aliphatic carbocycles. The van der Waals surface area contributed by atoms with Crippen molar-refractivity contribution in [3.63, 3.8) is 0 Å². The molecule has 67 valence electrons. The summed E-state index contributed by atoms with van der Waals surface area (Å²) in [6, 6.07) is 1.87. The van der Waals surface area contributed by atoms with Gasteiger partial charge in [-0.15, -0.1) is 10.2 Å². The highest BCUT2D eigenvalue weighted by atomic mass is 15.4. The molecule has 0 saturated heterocycles. The van der Waals surface area contributed by atoms with E-state index < -0.39 is 0 Å². The molecule has 5 heteroatoms. The molecule has 0 amide bonds. The summed E-state index contributed by atoms with van der Waals surface area (Å²) in [6.07, 6.45) is 2.53. The fraction of sp³-hybridized carbons (Fsp3) is 0.375. The molecule has 1 aliphatic heterocycles. The molecule has 1 aliphatic rings. The molecule has 0 aromatic carbocycles. The zero-order valence-electron chi connectivity index (χ0n) is 7.60. The molecule has 0 bridgehead atoms. The van der Waals surface area contributed by atoms with Crippen LogP contribution in [0.3, 0.4) is 0 Å². The topological polar surface area (TPSA) is 56.6 Å². The standard InChI is InChI=1S/C8H10N5/c1-3-7-10-8(12-11-7)6-4-5-9-13(6)2/h4-5H,3H2,1-2H3. The van der Waals surface area contributed by atoms with E-state index >= 15 is 0 Å². The Hall–Kier alpha value is -1.65. The summed E-state index contributed by atoms with van der Waals surface area (Å²) in [5.74, 6) is 1.42. The number of aromatic nitrogens is 2. The van der Waals surface area contributed by atoms with Crippen LogP contribution in [0.2, 0.25) is 0 Å². The first-order valence-corrected chi connectivity index (χ1v) is 4.16. The van der Waals surface area contributed by atoms with Crippen molar-refractivity contribution >= 4 is 11.7 Å². The van der Waals surface area contributed by atoms with E-state index in [1.807, 2.05) is 20.0 Å². The summed E-state index contributed by atoms with van der Waals surface area (Å²) in [4.78, 5) is 0. The number of nitrogens with zero attached hydrogens (tertiary/aromatic N) is 5. The van der Waals surface area contributed by atoms with E-state index in [1.165, 1.54) is 0 Å². The van der Waals surface area contributed by atoms with Gasteiger partial charge in [0.05, 0.1) is 0 Å². The molecule has 0 unspecified atom stereocenters. The first kappa shape index (κ1) is 7.97. The summed E-state index contributed by atoms with van der Waals surface area (Å²) < 4.78 is 1.73. The van der Waals surface area contributed by atoms with Crippen LogP contribution in [-0.4, -0.2) is 21.5 Å². The molecule has 0 fully saturated rings. The van der Waals surface area contributed by atoms with E-state index in [2.05, 4.69) is 20.6 Å². The maximum absolute atomic E-state index is 4.25. The van der Waals surface area contributed by atoms with Crippen LogP contribution in [0.5, 0.6) is 0 Å². The largest absolute Gasteiger partial charge is 0.265 e. The van der Waals surface area contributed by atoms with E-state index in [0.29, 0.717) is 5.84 Å². The lowest BCUT2D eigenvalue weighted by Crippen LogP contribution is -2.20. The minimum absolute atomic E-state index is 0.650. The third-order valence-corrected chi connectivity index (χ3v) is 1.86. The lowest BCUT2D eigenvalue weighted by Gasteiger charge is -1.99. The van der Waals surface area contributed by atoms with Crippen LogP contribution in [-0.2, 0) is 7.05 Å². The minimum atomic E-state index is 0.650. The Labute approximate surface area is 76.2 Å². The average molecular weight is 176 g/mol. The molecular weight excluding hydrogens is 166 g/mol. The van der Waals surface area contributed by atoms with Gasteiger partial charge in [-0.05, 0) is 6.07 Å². The van der Waals surface area contributed by atoms with Crippen molar-refractivity contribution < 1.29 is 0 Å². The summed E-state index contributed by atoms with van der Waals surface area (Å²) in [5.41, 5.74) is 0.896. The second kappa shape index (κ2) is 3.01. The zero-order chi connectivity index (χ0) is 9.26. The van der Waals surface area contributed by atoms with Crippen LogP contribution >= 0.6 is 0 Å². The van der Waals surface area contributed by atoms with Crippen molar-refractivity contribution in [2.75, 3.05) is 0 Å². The van der Waals surface area contributed by atoms with Crippen molar-refractivity contribution in [1.29, 1.82) is 0 Å². The van der Waals surface area contributed by atoms with Gasteiger partial charge in [-0.3, -0.25) is 4.68 Å². The number of rotatable bonds is 2. The van der Waals surface area contributed by atoms with Crippen LogP contribution in [0.15, 0.2) is 22.5 Å². The molecule has 1 radical (unpaired) electrons. The quantitative estimate of drug-likeness (QED) is 0.647. The normalized spacial score (nSPS) is 15.2. The molecule has 5 nitrogen and oxygen atoms in total. The Bertz CT molecular complexity index is 374. The Kier molecular flexibility index (Phi) is 1.84. The van der Waals surface area contributed by atoms with Gasteiger partial charge in [-0.1, -0.05) is 6.92 Å². The van der Waals surface area contributed by atoms with Crippen LogP contribution in [0.4, 0.5) is 0 Å². The predicted octanol–water partition coefficient (Wildman–Crippen LogP) is 0.508. The van der Waals surface area contributed by atoms with E-state index in [-0.39, 0.29) is 0 Å². The van der Waals surface area contributed by atoms with Gasteiger partial charge < -0.3 is 0 Å². The smallest absolute Gasteiger partial charge is 0.201 e. The first-order valence-electron chi connectivity index (χ1n) is 4.16. The minimum Gasteiger partial charge on any atom is -0.265 e. The first-order chi connectivity index (χ1) is 6.31. The van der Waals surface area contributed by atoms with Gasteiger partial charge in [-0.25, -0.2) is 5.32 Å². The summed E-state index contributed by atoms with van der Waals surface area (Å²) in [7, 11) is 1.86. The van der Waals surface area contributed by atoms with E-state index in [9.17, 15) is 0 Å². The molecule has 1 aromatic rings. The second-order valence-corrected chi connectivity index (χ2v) is 2.75. The van der Waals surface area contributed by atoms with Crippen molar-refractivity contribution in [3.05, 3.63) is 18.0 Å². The monoisotopic (exact) mass is 176 g/mol. The van der Waals surface area contributed by atoms with Crippen molar-refractivity contribution in [3.8, 4) is 0 Å². The summed E-state index contributed by atoms with van der Waals surface area (Å²) in [5, 5.41) is 16.2. The van der Waals surface area contributed by atoms with Gasteiger partial charge in [0.1, 0.15) is 5.69 Å². The van der Waals surface area contributed by atoms with Crippen molar-refractivity contribution in [1.82, 2.24) is 15.1 Å². The predicted molar refractivity (Wildman–Crippen MR) is 49.6 cm³/mol. The van der Waals surface area contributed by atoms with Gasteiger partial charge in [0.25, 0.3) is 0 Å². The lowest BCUT2D eigenvalue weighted by molar-refractivity contribution is 0.757. The molecular formula is C8H10N5. The molecule has 2 heterocycles. The fourth-order valence-electron chi connectivity index (χ4n) is 1.12.